The topological polar surface area (TPSA) is 164 Å². The van der Waals surface area contributed by atoms with Gasteiger partial charge in [-0.2, -0.15) is 0 Å². The zero-order valence-electron chi connectivity index (χ0n) is 29.2. The average Bonchev–Trinajstić information content (AvgIpc) is 3.89. The highest BCUT2D eigenvalue weighted by Crippen LogP contribution is 2.38. The fourth-order valence-electron chi connectivity index (χ4n) is 6.67. The van der Waals surface area contributed by atoms with Crippen molar-refractivity contribution in [2.45, 2.75) is 62.5 Å². The summed E-state index contributed by atoms with van der Waals surface area (Å²) in [5.74, 6) is -2.88. The molecule has 6 N–H and O–H groups in total. The quantitative estimate of drug-likeness (QED) is 0.0780. The number of aromatic hydroxyl groups is 1. The van der Waals surface area contributed by atoms with Gasteiger partial charge in [0.15, 0.2) is 5.82 Å². The van der Waals surface area contributed by atoms with Crippen LogP contribution in [0.15, 0.2) is 76.2 Å². The summed E-state index contributed by atoms with van der Waals surface area (Å²) >= 11 is 2.58. The summed E-state index contributed by atoms with van der Waals surface area (Å²) in [5.41, 5.74) is -2.02. The van der Waals surface area contributed by atoms with Crippen LogP contribution in [0.3, 0.4) is 0 Å². The number of pyridine rings is 1. The van der Waals surface area contributed by atoms with E-state index >= 15 is 4.39 Å². The van der Waals surface area contributed by atoms with Gasteiger partial charge in [-0.05, 0) is 79.4 Å². The number of rotatable bonds is 14. The van der Waals surface area contributed by atoms with Crippen LogP contribution < -0.4 is 16.2 Å². The first-order valence-electron chi connectivity index (χ1n) is 17.2. The third-order valence-electron chi connectivity index (χ3n) is 9.59. The van der Waals surface area contributed by atoms with Gasteiger partial charge in [-0.1, -0.05) is 18.2 Å². The van der Waals surface area contributed by atoms with E-state index in [0.29, 0.717) is 52.9 Å². The molecule has 3 heterocycles. The van der Waals surface area contributed by atoms with Gasteiger partial charge in [0, 0.05) is 55.2 Å². The van der Waals surface area contributed by atoms with Crippen LogP contribution in [0.25, 0.3) is 10.9 Å². The molecule has 0 spiro atoms. The fourth-order valence-corrected chi connectivity index (χ4v) is 8.39. The molecule has 0 aliphatic heterocycles. The summed E-state index contributed by atoms with van der Waals surface area (Å²) in [5, 5.41) is 41.8. The van der Waals surface area contributed by atoms with Crippen molar-refractivity contribution < 1.29 is 43.1 Å². The lowest BCUT2D eigenvalue weighted by Crippen LogP contribution is -2.42. The smallest absolute Gasteiger partial charge is 0.349 e. The van der Waals surface area contributed by atoms with Gasteiger partial charge in [0.1, 0.15) is 17.7 Å². The van der Waals surface area contributed by atoms with Gasteiger partial charge in [0.2, 0.25) is 17.1 Å². The molecule has 1 saturated carbocycles. The molecule has 3 aromatic heterocycles. The molecule has 1 aliphatic rings. The molecule has 0 saturated heterocycles. The number of fused-ring (bicyclic) bond motifs is 1. The van der Waals surface area contributed by atoms with E-state index in [1.165, 1.54) is 46.9 Å². The van der Waals surface area contributed by atoms with Crippen LogP contribution in [0.1, 0.15) is 59.1 Å². The number of carbonyl (C=O) groups excluding carboxylic acids is 2. The third-order valence-corrected chi connectivity index (χ3v) is 11.5. The van der Waals surface area contributed by atoms with Crippen LogP contribution in [-0.4, -0.2) is 69.4 Å². The first-order chi connectivity index (χ1) is 25.4. The van der Waals surface area contributed by atoms with Crippen LogP contribution in [0.5, 0.6) is 5.75 Å². The van der Waals surface area contributed by atoms with E-state index in [2.05, 4.69) is 15.6 Å². The largest absolute Gasteiger partial charge is 0.506 e. The second kappa shape index (κ2) is 17.7. The van der Waals surface area contributed by atoms with Crippen molar-refractivity contribution in [2.24, 2.45) is 0 Å². The molecule has 6 rings (SSSR count). The first-order valence-corrected chi connectivity index (χ1v) is 18.9. The van der Waals surface area contributed by atoms with E-state index in [1.54, 1.807) is 35.0 Å². The van der Waals surface area contributed by atoms with Gasteiger partial charge < -0.3 is 40.6 Å². The average molecular weight is 787 g/mol. The number of thiophene rings is 2. The predicted octanol–water partition coefficient (Wildman–Crippen LogP) is 5.66. The number of phenols is 1. The van der Waals surface area contributed by atoms with Gasteiger partial charge in [0.05, 0.1) is 27.1 Å². The predicted molar refractivity (Wildman–Crippen MR) is 201 cm³/mol. The van der Waals surface area contributed by atoms with Gasteiger partial charge in [-0.25, -0.2) is 13.6 Å². The number of nitrogens with one attached hydrogen (secondary N) is 3. The van der Waals surface area contributed by atoms with Crippen LogP contribution in [0.4, 0.5) is 19.2 Å². The van der Waals surface area contributed by atoms with E-state index in [1.807, 2.05) is 11.9 Å². The molecule has 11 nitrogen and oxygen atoms in total. The van der Waals surface area contributed by atoms with Crippen LogP contribution in [0, 0.1) is 11.6 Å². The number of phenolic OH excluding ortho intramolecular Hbond substituents is 1. The number of hydrogen-bond acceptors (Lipinski definition) is 11. The maximum absolute atomic E-state index is 15.4. The van der Waals surface area contributed by atoms with Crippen molar-refractivity contribution in [1.82, 2.24) is 15.2 Å². The van der Waals surface area contributed by atoms with Crippen LogP contribution in [0.2, 0.25) is 0 Å². The lowest BCUT2D eigenvalue weighted by Gasteiger charge is -2.35. The molecule has 1 amide bonds. The van der Waals surface area contributed by atoms with E-state index in [9.17, 15) is 34.1 Å². The Bertz CT molecular complexity index is 2070. The number of aromatic nitrogens is 1. The molecular formula is C38H41F3N4O7S2. The molecule has 54 heavy (non-hydrogen) atoms. The Morgan fingerprint density at radius 3 is 2.37 bits per heavy atom. The summed E-state index contributed by atoms with van der Waals surface area (Å²) in [4.78, 5) is 43.4. The lowest BCUT2D eigenvalue weighted by atomic mass is 9.91. The number of benzene rings is 2. The standard InChI is InChI=1S/C38H40F2N4O7S2.FH/c1-44(24-6-8-25(9-7-24)51-37(49)38(50,31-4-2-16-52-31)32-5-3-17-53-32)15-14-34(48)42-28-19-23(39)18-22(35(28)40)20-41-21-30(46)26-10-12-29(45)36-27(26)11-13-33(47)43-36;/h2-5,10-13,16-19,24-25,30,41,45-46,50H,6-9,14-15,20-21H2,1H3,(H,42,48)(H,43,47);1H/t24-,25-,30-;/m0./s1. The van der Waals surface area contributed by atoms with Crippen molar-refractivity contribution in [2.75, 3.05) is 25.5 Å². The Morgan fingerprint density at radius 1 is 1.04 bits per heavy atom. The number of esters is 1. The van der Waals surface area contributed by atoms with Gasteiger partial charge in [-0.15, -0.1) is 22.7 Å². The van der Waals surface area contributed by atoms with Gasteiger partial charge in [0.25, 0.3) is 0 Å². The van der Waals surface area contributed by atoms with Crippen molar-refractivity contribution >= 4 is 51.1 Å². The number of H-pyrrole nitrogens is 1. The molecule has 1 atom stereocenters. The molecule has 1 aliphatic carbocycles. The first kappa shape index (κ1) is 40.6. The number of nitrogens with zero attached hydrogens (tertiary/aromatic N) is 1. The van der Waals surface area contributed by atoms with E-state index < -0.39 is 40.8 Å². The number of carbonyl (C=O) groups is 2. The van der Waals surface area contributed by atoms with Crippen LogP contribution >= 0.6 is 22.7 Å². The number of aromatic amines is 1. The number of amides is 1. The molecule has 16 heteroatoms. The summed E-state index contributed by atoms with van der Waals surface area (Å²) in [7, 11) is 1.89. The second-order valence-electron chi connectivity index (χ2n) is 13.1. The van der Waals surface area contributed by atoms with Crippen molar-refractivity contribution in [1.29, 1.82) is 0 Å². The maximum Gasteiger partial charge on any atom is 0.349 e. The SMILES string of the molecule is CN(CCC(=O)Nc1cc(F)cc(CNC[C@H](O)c2ccc(O)c3[nH]c(=O)ccc23)c1F)[C@H]1CC[C@H](OC(=O)C(O)(c2cccs2)c2cccs2)CC1.F. The highest BCUT2D eigenvalue weighted by Gasteiger charge is 2.45. The molecule has 2 aromatic carbocycles. The molecule has 0 radical (unpaired) electrons. The second-order valence-corrected chi connectivity index (χ2v) is 15.0. The van der Waals surface area contributed by atoms with E-state index in [4.69, 9.17) is 4.74 Å². The number of ether oxygens (including phenoxy) is 1. The minimum absolute atomic E-state index is 0. The minimum Gasteiger partial charge on any atom is -0.506 e. The molecule has 288 valence electrons. The Morgan fingerprint density at radius 2 is 1.72 bits per heavy atom. The van der Waals surface area contributed by atoms with E-state index in [0.717, 1.165) is 12.1 Å². The Balaban J connectivity index is 0.00000561. The third kappa shape index (κ3) is 9.02. The van der Waals surface area contributed by atoms with E-state index in [-0.39, 0.29) is 58.9 Å². The maximum atomic E-state index is 15.4. The molecule has 0 bridgehead atoms. The normalized spacial score (nSPS) is 16.6. The van der Waals surface area contributed by atoms with Crippen molar-refractivity contribution in [3.63, 3.8) is 0 Å². The number of anilines is 1. The Labute approximate surface area is 316 Å². The fraction of sp³-hybridized carbons (Fsp3) is 0.342. The van der Waals surface area contributed by atoms with Gasteiger partial charge in [-0.3, -0.25) is 14.3 Å². The number of halogens is 3. The van der Waals surface area contributed by atoms with Crippen LogP contribution in [-0.2, 0) is 26.5 Å². The molecular weight excluding hydrogens is 746 g/mol. The number of aliphatic hydroxyl groups excluding tert-OH is 1. The highest BCUT2D eigenvalue weighted by molar-refractivity contribution is 7.12. The Hall–Kier alpha value is -4.58. The molecule has 1 fully saturated rings. The zero-order chi connectivity index (χ0) is 37.7. The molecule has 5 aromatic rings. The highest BCUT2D eigenvalue weighted by atomic mass is 32.1. The number of hydrogen-bond donors (Lipinski definition) is 6. The summed E-state index contributed by atoms with van der Waals surface area (Å²) < 4.78 is 35.8. The van der Waals surface area contributed by atoms with Gasteiger partial charge >= 0.3 is 5.97 Å². The monoisotopic (exact) mass is 786 g/mol. The number of aliphatic hydroxyl groups is 2. The summed E-state index contributed by atoms with van der Waals surface area (Å²) in [6, 6.07) is 14.7. The minimum atomic E-state index is -1.86. The summed E-state index contributed by atoms with van der Waals surface area (Å²) in [6.45, 7) is 0.152. The lowest BCUT2D eigenvalue weighted by molar-refractivity contribution is -0.169. The molecule has 0 unspecified atom stereocenters. The zero-order valence-corrected chi connectivity index (χ0v) is 30.9. The van der Waals surface area contributed by atoms with Crippen molar-refractivity contribution in [3.05, 3.63) is 114 Å². The van der Waals surface area contributed by atoms with Crippen molar-refractivity contribution in [3.8, 4) is 5.75 Å². The summed E-state index contributed by atoms with van der Waals surface area (Å²) in [6.07, 6.45) is 1.16. The Kier molecular flexibility index (Phi) is 13.3.